The molecule has 2 rings (SSSR count). The van der Waals surface area contributed by atoms with E-state index in [2.05, 4.69) is 0 Å². The van der Waals surface area contributed by atoms with Crippen LogP contribution in [0.3, 0.4) is 0 Å². The highest BCUT2D eigenvalue weighted by Crippen LogP contribution is 2.33. The first kappa shape index (κ1) is 18.4. The fourth-order valence-electron chi connectivity index (χ4n) is 3.26. The second kappa shape index (κ2) is 7.75. The zero-order chi connectivity index (χ0) is 17.7. The highest BCUT2D eigenvalue weighted by atomic mass is 19.1. The zero-order valence-corrected chi connectivity index (χ0v) is 14.3. The molecule has 24 heavy (non-hydrogen) atoms. The Kier molecular flexibility index (Phi) is 5.94. The van der Waals surface area contributed by atoms with E-state index in [4.69, 9.17) is 0 Å². The van der Waals surface area contributed by atoms with Gasteiger partial charge in [-0.1, -0.05) is 25.1 Å². The second-order valence-corrected chi connectivity index (χ2v) is 6.62. The van der Waals surface area contributed by atoms with E-state index in [1.165, 1.54) is 6.07 Å². The van der Waals surface area contributed by atoms with Crippen molar-refractivity contribution in [1.82, 2.24) is 9.80 Å². The molecule has 1 fully saturated rings. The van der Waals surface area contributed by atoms with Gasteiger partial charge in [0.25, 0.3) is 0 Å². The number of amides is 1. The smallest absolute Gasteiger partial charge is 0.311 e. The lowest BCUT2D eigenvalue weighted by molar-refractivity contribution is -0.155. The molecule has 1 heterocycles. The predicted molar refractivity (Wildman–Crippen MR) is 88.9 cm³/mol. The number of carboxylic acids is 1. The predicted octanol–water partition coefficient (Wildman–Crippen LogP) is 2.36. The van der Waals surface area contributed by atoms with Gasteiger partial charge in [-0.15, -0.1) is 0 Å². The van der Waals surface area contributed by atoms with Crippen LogP contribution in [0.25, 0.3) is 0 Å². The summed E-state index contributed by atoms with van der Waals surface area (Å²) >= 11 is 0. The van der Waals surface area contributed by atoms with Crippen LogP contribution in [0.4, 0.5) is 4.39 Å². The quantitative estimate of drug-likeness (QED) is 0.866. The largest absolute Gasteiger partial charge is 0.481 e. The van der Waals surface area contributed by atoms with Gasteiger partial charge in [0.05, 0.1) is 12.0 Å². The Labute approximate surface area is 142 Å². The number of hydrogen-bond donors (Lipinski definition) is 1. The first-order valence-electron chi connectivity index (χ1n) is 8.31. The SMILES string of the molecule is CCC1(C(=O)O)CCCN(C(=O)CN(C)Cc2ccccc2F)C1. The van der Waals surface area contributed by atoms with Gasteiger partial charge < -0.3 is 10.0 Å². The molecule has 0 bridgehead atoms. The molecule has 0 aliphatic carbocycles. The van der Waals surface area contributed by atoms with Crippen molar-refractivity contribution in [2.75, 3.05) is 26.7 Å². The monoisotopic (exact) mass is 336 g/mol. The summed E-state index contributed by atoms with van der Waals surface area (Å²) in [7, 11) is 1.76. The number of rotatable bonds is 6. The summed E-state index contributed by atoms with van der Waals surface area (Å²) in [5, 5.41) is 9.51. The minimum atomic E-state index is -0.835. The van der Waals surface area contributed by atoms with E-state index in [-0.39, 0.29) is 24.8 Å². The van der Waals surface area contributed by atoms with Crippen molar-refractivity contribution in [3.63, 3.8) is 0 Å². The standard InChI is InChI=1S/C18H25FN2O3/c1-3-18(17(23)24)9-6-10-21(13-18)16(22)12-20(2)11-14-7-4-5-8-15(14)19/h4-5,7-8H,3,6,9-13H2,1-2H3,(H,23,24). The topological polar surface area (TPSA) is 60.9 Å². The molecule has 1 aliphatic heterocycles. The van der Waals surface area contributed by atoms with Crippen LogP contribution in [-0.2, 0) is 16.1 Å². The van der Waals surface area contributed by atoms with Crippen LogP contribution in [0, 0.1) is 11.2 Å². The fraction of sp³-hybridized carbons (Fsp3) is 0.556. The number of carbonyl (C=O) groups is 2. The van der Waals surface area contributed by atoms with Crippen molar-refractivity contribution in [1.29, 1.82) is 0 Å². The lowest BCUT2D eigenvalue weighted by atomic mass is 9.77. The van der Waals surface area contributed by atoms with Gasteiger partial charge in [-0.05, 0) is 32.4 Å². The van der Waals surface area contributed by atoms with Gasteiger partial charge in [-0.3, -0.25) is 14.5 Å². The average molecular weight is 336 g/mol. The van der Waals surface area contributed by atoms with Crippen molar-refractivity contribution < 1.29 is 19.1 Å². The van der Waals surface area contributed by atoms with Crippen LogP contribution in [-0.4, -0.2) is 53.5 Å². The highest BCUT2D eigenvalue weighted by Gasteiger charge is 2.42. The van der Waals surface area contributed by atoms with Crippen LogP contribution < -0.4 is 0 Å². The van der Waals surface area contributed by atoms with Crippen LogP contribution >= 0.6 is 0 Å². The molecule has 1 atom stereocenters. The number of carbonyl (C=O) groups excluding carboxylic acids is 1. The normalized spacial score (nSPS) is 21.1. The van der Waals surface area contributed by atoms with E-state index in [1.54, 1.807) is 35.0 Å². The van der Waals surface area contributed by atoms with Crippen molar-refractivity contribution in [2.24, 2.45) is 5.41 Å². The number of nitrogens with zero attached hydrogens (tertiary/aromatic N) is 2. The molecule has 1 unspecified atom stereocenters. The number of carboxylic acid groups (broad SMARTS) is 1. The van der Waals surface area contributed by atoms with Gasteiger partial charge in [0.15, 0.2) is 0 Å². The molecule has 1 aromatic carbocycles. The second-order valence-electron chi connectivity index (χ2n) is 6.62. The van der Waals surface area contributed by atoms with Crippen LogP contribution in [0.2, 0.25) is 0 Å². The molecule has 1 aliphatic rings. The average Bonchev–Trinajstić information content (AvgIpc) is 2.56. The Bertz CT molecular complexity index is 608. The molecule has 0 spiro atoms. The van der Waals surface area contributed by atoms with Crippen molar-refractivity contribution >= 4 is 11.9 Å². The minimum Gasteiger partial charge on any atom is -0.481 e. The number of likely N-dealkylation sites (tertiary alicyclic amines) is 1. The Hall–Kier alpha value is -1.95. The maximum Gasteiger partial charge on any atom is 0.311 e. The van der Waals surface area contributed by atoms with Gasteiger partial charge in [0.1, 0.15) is 5.82 Å². The summed E-state index contributed by atoms with van der Waals surface area (Å²) in [6.07, 6.45) is 1.81. The van der Waals surface area contributed by atoms with Gasteiger partial charge >= 0.3 is 5.97 Å². The molecule has 6 heteroatoms. The van der Waals surface area contributed by atoms with Gasteiger partial charge in [0.2, 0.25) is 5.91 Å². The van der Waals surface area contributed by atoms with Gasteiger partial charge in [0, 0.05) is 25.2 Å². The summed E-state index contributed by atoms with van der Waals surface area (Å²) in [5.74, 6) is -1.22. The van der Waals surface area contributed by atoms with Gasteiger partial charge in [-0.25, -0.2) is 4.39 Å². The molecule has 5 nitrogen and oxygen atoms in total. The molecule has 0 aromatic heterocycles. The molecule has 0 radical (unpaired) electrons. The van der Waals surface area contributed by atoms with E-state index in [1.807, 2.05) is 6.92 Å². The first-order valence-corrected chi connectivity index (χ1v) is 8.31. The Morgan fingerprint density at radius 3 is 2.71 bits per heavy atom. The third-order valence-corrected chi connectivity index (χ3v) is 4.86. The van der Waals surface area contributed by atoms with Crippen LogP contribution in [0.1, 0.15) is 31.7 Å². The summed E-state index contributed by atoms with van der Waals surface area (Å²) < 4.78 is 13.7. The number of likely N-dealkylation sites (N-methyl/N-ethyl adjacent to an activating group) is 1. The molecular formula is C18H25FN2O3. The van der Waals surface area contributed by atoms with Crippen LogP contribution in [0.15, 0.2) is 24.3 Å². The first-order chi connectivity index (χ1) is 11.4. The van der Waals surface area contributed by atoms with E-state index in [0.717, 1.165) is 0 Å². The number of benzene rings is 1. The van der Waals surface area contributed by atoms with E-state index in [9.17, 15) is 19.1 Å². The molecule has 1 N–H and O–H groups in total. The van der Waals surface area contributed by atoms with E-state index in [0.29, 0.717) is 37.9 Å². The molecule has 1 saturated heterocycles. The van der Waals surface area contributed by atoms with Crippen LogP contribution in [0.5, 0.6) is 0 Å². The highest BCUT2D eigenvalue weighted by molar-refractivity contribution is 5.81. The molecular weight excluding hydrogens is 311 g/mol. The molecule has 1 aromatic rings. The number of aliphatic carboxylic acids is 1. The fourth-order valence-corrected chi connectivity index (χ4v) is 3.26. The Morgan fingerprint density at radius 1 is 1.38 bits per heavy atom. The van der Waals surface area contributed by atoms with Crippen molar-refractivity contribution in [3.8, 4) is 0 Å². The molecule has 132 valence electrons. The number of piperidine rings is 1. The minimum absolute atomic E-state index is 0.104. The Balaban J connectivity index is 1.96. The lowest BCUT2D eigenvalue weighted by Gasteiger charge is -2.39. The maximum atomic E-state index is 13.7. The number of halogens is 1. The summed E-state index contributed by atoms with van der Waals surface area (Å²) in [5.41, 5.74) is -0.294. The van der Waals surface area contributed by atoms with E-state index >= 15 is 0 Å². The zero-order valence-electron chi connectivity index (χ0n) is 14.3. The summed E-state index contributed by atoms with van der Waals surface area (Å²) in [6.45, 7) is 3.18. The summed E-state index contributed by atoms with van der Waals surface area (Å²) in [4.78, 5) is 27.5. The summed E-state index contributed by atoms with van der Waals surface area (Å²) in [6, 6.07) is 6.50. The molecule has 0 saturated carbocycles. The third kappa shape index (κ3) is 4.12. The number of hydrogen-bond acceptors (Lipinski definition) is 3. The van der Waals surface area contributed by atoms with Gasteiger partial charge in [-0.2, -0.15) is 0 Å². The van der Waals surface area contributed by atoms with E-state index < -0.39 is 11.4 Å². The third-order valence-electron chi connectivity index (χ3n) is 4.86. The maximum absolute atomic E-state index is 13.7. The van der Waals surface area contributed by atoms with Crippen molar-refractivity contribution in [3.05, 3.63) is 35.6 Å². The Morgan fingerprint density at radius 2 is 2.08 bits per heavy atom. The lowest BCUT2D eigenvalue weighted by Crippen LogP contribution is -2.51. The van der Waals surface area contributed by atoms with Crippen molar-refractivity contribution in [2.45, 2.75) is 32.7 Å². The molecule has 1 amide bonds.